The first-order valence-corrected chi connectivity index (χ1v) is 6.60. The molecule has 1 unspecified atom stereocenters. The van der Waals surface area contributed by atoms with Crippen LogP contribution in [0.2, 0.25) is 0 Å². The van der Waals surface area contributed by atoms with Crippen molar-refractivity contribution in [3.05, 3.63) is 11.6 Å². The number of urea groups is 1. The van der Waals surface area contributed by atoms with E-state index in [1.165, 1.54) is 4.90 Å². The number of aromatic nitrogens is 3. The number of imide groups is 1. The maximum Gasteiger partial charge on any atom is 0.325 e. The Bertz CT molecular complexity index is 536. The molecule has 2 aliphatic heterocycles. The third kappa shape index (κ3) is 1.89. The van der Waals surface area contributed by atoms with E-state index < -0.39 is 6.04 Å². The van der Waals surface area contributed by atoms with Crippen molar-refractivity contribution in [2.75, 3.05) is 0 Å². The maximum absolute atomic E-state index is 12.2. The van der Waals surface area contributed by atoms with Crippen molar-refractivity contribution in [1.29, 1.82) is 0 Å². The topological polar surface area (TPSA) is 80.1 Å². The molecule has 3 amide bonds. The minimum Gasteiger partial charge on any atom is -0.326 e. The van der Waals surface area contributed by atoms with Gasteiger partial charge in [-0.05, 0) is 12.3 Å². The second-order valence-corrected chi connectivity index (χ2v) is 5.38. The van der Waals surface area contributed by atoms with E-state index in [1.807, 2.05) is 18.4 Å². The molecule has 19 heavy (non-hydrogen) atoms. The quantitative estimate of drug-likeness (QED) is 0.795. The molecule has 0 bridgehead atoms. The van der Waals surface area contributed by atoms with Gasteiger partial charge in [-0.15, -0.1) is 10.2 Å². The van der Waals surface area contributed by atoms with Crippen molar-refractivity contribution in [3.63, 3.8) is 0 Å². The minimum atomic E-state index is -0.423. The van der Waals surface area contributed by atoms with Crippen LogP contribution in [-0.2, 0) is 24.3 Å². The molecule has 1 saturated heterocycles. The van der Waals surface area contributed by atoms with E-state index in [9.17, 15) is 9.59 Å². The van der Waals surface area contributed by atoms with Gasteiger partial charge >= 0.3 is 6.03 Å². The summed E-state index contributed by atoms with van der Waals surface area (Å²) in [5.41, 5.74) is 0. The molecule has 0 aliphatic carbocycles. The summed E-state index contributed by atoms with van der Waals surface area (Å²) in [7, 11) is 0. The molecule has 102 valence electrons. The van der Waals surface area contributed by atoms with Gasteiger partial charge in [-0.1, -0.05) is 13.8 Å². The molecular formula is C12H17N5O2. The van der Waals surface area contributed by atoms with E-state index in [2.05, 4.69) is 15.5 Å². The highest BCUT2D eigenvalue weighted by Crippen LogP contribution is 2.19. The van der Waals surface area contributed by atoms with Crippen LogP contribution in [0.3, 0.4) is 0 Å². The maximum atomic E-state index is 12.2. The average molecular weight is 263 g/mol. The van der Waals surface area contributed by atoms with E-state index in [1.54, 1.807) is 0 Å². The lowest BCUT2D eigenvalue weighted by Crippen LogP contribution is -2.34. The van der Waals surface area contributed by atoms with Gasteiger partial charge in [0.1, 0.15) is 11.9 Å². The van der Waals surface area contributed by atoms with Gasteiger partial charge in [-0.25, -0.2) is 4.79 Å². The zero-order valence-corrected chi connectivity index (χ0v) is 11.1. The van der Waals surface area contributed by atoms with Crippen LogP contribution in [-0.4, -0.2) is 37.6 Å². The fourth-order valence-corrected chi connectivity index (χ4v) is 2.61. The third-order valence-electron chi connectivity index (χ3n) is 3.71. The van der Waals surface area contributed by atoms with Gasteiger partial charge in [0.05, 0.1) is 6.54 Å². The summed E-state index contributed by atoms with van der Waals surface area (Å²) in [6, 6.07) is -0.757. The lowest BCUT2D eigenvalue weighted by Gasteiger charge is -2.14. The van der Waals surface area contributed by atoms with Gasteiger partial charge in [0.15, 0.2) is 5.82 Å². The van der Waals surface area contributed by atoms with Crippen LogP contribution in [0, 0.1) is 5.92 Å². The fraction of sp³-hybridized carbons (Fsp3) is 0.667. The first-order chi connectivity index (χ1) is 9.08. The van der Waals surface area contributed by atoms with Gasteiger partial charge < -0.3 is 9.88 Å². The molecule has 0 spiro atoms. The molecule has 0 saturated carbocycles. The van der Waals surface area contributed by atoms with Gasteiger partial charge in [-0.3, -0.25) is 9.69 Å². The molecule has 1 atom stereocenters. The molecule has 1 N–H and O–H groups in total. The number of amides is 3. The normalized spacial score (nSPS) is 22.3. The van der Waals surface area contributed by atoms with Crippen LogP contribution in [0.15, 0.2) is 0 Å². The first kappa shape index (κ1) is 12.1. The minimum absolute atomic E-state index is 0.0885. The van der Waals surface area contributed by atoms with Gasteiger partial charge in [-0.2, -0.15) is 0 Å². The molecule has 2 aliphatic rings. The lowest BCUT2D eigenvalue weighted by molar-refractivity contribution is -0.128. The number of nitrogens with one attached hydrogen (secondary N) is 1. The van der Waals surface area contributed by atoms with Gasteiger partial charge in [0.25, 0.3) is 5.91 Å². The highest BCUT2D eigenvalue weighted by Gasteiger charge is 2.40. The van der Waals surface area contributed by atoms with Gasteiger partial charge in [0, 0.05) is 13.0 Å². The monoisotopic (exact) mass is 263 g/mol. The Labute approximate surface area is 111 Å². The van der Waals surface area contributed by atoms with Crippen LogP contribution in [0.4, 0.5) is 4.79 Å². The molecular weight excluding hydrogens is 246 g/mol. The van der Waals surface area contributed by atoms with E-state index in [0.717, 1.165) is 25.2 Å². The Morgan fingerprint density at radius 2 is 2.16 bits per heavy atom. The Kier molecular flexibility index (Phi) is 2.76. The fourth-order valence-electron chi connectivity index (χ4n) is 2.61. The molecule has 1 aromatic rings. The number of hydrogen-bond acceptors (Lipinski definition) is 4. The summed E-state index contributed by atoms with van der Waals surface area (Å²) < 4.78 is 2.00. The molecule has 7 heteroatoms. The molecule has 1 fully saturated rings. The van der Waals surface area contributed by atoms with Crippen molar-refractivity contribution < 1.29 is 9.59 Å². The smallest absolute Gasteiger partial charge is 0.325 e. The molecule has 0 radical (unpaired) electrons. The average Bonchev–Trinajstić information content (AvgIpc) is 3.00. The Balaban J connectivity index is 1.80. The number of fused-ring (bicyclic) bond motifs is 1. The summed E-state index contributed by atoms with van der Waals surface area (Å²) >= 11 is 0. The summed E-state index contributed by atoms with van der Waals surface area (Å²) in [5.74, 6) is 1.56. The predicted octanol–water partition coefficient (Wildman–Crippen LogP) is 0.301. The zero-order chi connectivity index (χ0) is 13.6. The van der Waals surface area contributed by atoms with Crippen molar-refractivity contribution in [3.8, 4) is 0 Å². The summed E-state index contributed by atoms with van der Waals surface area (Å²) in [6.07, 6.45) is 1.97. The SMILES string of the molecule is CC(C)C1NC(=O)N(Cc2nnc3n2CCC3)C1=O. The molecule has 0 aromatic carbocycles. The van der Waals surface area contributed by atoms with Crippen LogP contribution < -0.4 is 5.32 Å². The van der Waals surface area contributed by atoms with Crippen molar-refractivity contribution in [1.82, 2.24) is 25.0 Å². The molecule has 3 rings (SSSR count). The van der Waals surface area contributed by atoms with E-state index in [4.69, 9.17) is 0 Å². The Hall–Kier alpha value is -1.92. The zero-order valence-electron chi connectivity index (χ0n) is 11.1. The number of aryl methyl sites for hydroxylation is 1. The number of hydrogen-bond donors (Lipinski definition) is 1. The summed E-state index contributed by atoms with van der Waals surface area (Å²) in [6.45, 7) is 4.91. The Morgan fingerprint density at radius 3 is 2.84 bits per heavy atom. The third-order valence-corrected chi connectivity index (χ3v) is 3.71. The van der Waals surface area contributed by atoms with Crippen LogP contribution in [0.1, 0.15) is 31.9 Å². The molecule has 3 heterocycles. The molecule has 1 aromatic heterocycles. The van der Waals surface area contributed by atoms with E-state index in [0.29, 0.717) is 5.82 Å². The number of nitrogens with zero attached hydrogens (tertiary/aromatic N) is 4. The predicted molar refractivity (Wildman–Crippen MR) is 66.1 cm³/mol. The van der Waals surface area contributed by atoms with Crippen LogP contribution in [0.5, 0.6) is 0 Å². The number of carbonyl (C=O) groups excluding carboxylic acids is 2. The second-order valence-electron chi connectivity index (χ2n) is 5.38. The van der Waals surface area contributed by atoms with Crippen LogP contribution >= 0.6 is 0 Å². The summed E-state index contributed by atoms with van der Waals surface area (Å²) in [5, 5.41) is 10.9. The highest BCUT2D eigenvalue weighted by atomic mass is 16.2. The summed E-state index contributed by atoms with van der Waals surface area (Å²) in [4.78, 5) is 25.3. The van der Waals surface area contributed by atoms with Gasteiger partial charge in [0.2, 0.25) is 0 Å². The number of rotatable bonds is 3. The lowest BCUT2D eigenvalue weighted by atomic mass is 10.1. The second kappa shape index (κ2) is 4.32. The first-order valence-electron chi connectivity index (χ1n) is 6.60. The van der Waals surface area contributed by atoms with Crippen molar-refractivity contribution >= 4 is 11.9 Å². The van der Waals surface area contributed by atoms with Crippen molar-refractivity contribution in [2.45, 2.75) is 45.8 Å². The van der Waals surface area contributed by atoms with Crippen molar-refractivity contribution in [2.24, 2.45) is 5.92 Å². The highest BCUT2D eigenvalue weighted by molar-refractivity contribution is 6.04. The standard InChI is InChI=1S/C12H17N5O2/c1-7(2)10-11(18)17(12(19)13-10)6-9-15-14-8-4-3-5-16(8)9/h7,10H,3-6H2,1-2H3,(H,13,19). The number of carbonyl (C=O) groups is 2. The van der Waals surface area contributed by atoms with E-state index in [-0.39, 0.29) is 24.4 Å². The van der Waals surface area contributed by atoms with E-state index >= 15 is 0 Å². The van der Waals surface area contributed by atoms with Crippen LogP contribution in [0.25, 0.3) is 0 Å². The molecule has 7 nitrogen and oxygen atoms in total. The largest absolute Gasteiger partial charge is 0.326 e. The Morgan fingerprint density at radius 1 is 1.37 bits per heavy atom.